The van der Waals surface area contributed by atoms with Gasteiger partial charge in [-0.2, -0.15) is 4.98 Å². The molecule has 3 atom stereocenters. The van der Waals surface area contributed by atoms with Crippen molar-refractivity contribution in [2.75, 3.05) is 13.1 Å². The van der Waals surface area contributed by atoms with Gasteiger partial charge in [-0.3, -0.25) is 4.79 Å². The average Bonchev–Trinajstić information content (AvgIpc) is 3.17. The SMILES string of the molecule is CCC(C)C(N)C(=O)N1CCCC(c2nc(-c3ccc(Cl)cc3)no2)C1. The maximum absolute atomic E-state index is 12.7. The number of halogens is 1. The molecule has 3 unspecified atom stereocenters. The fourth-order valence-corrected chi connectivity index (χ4v) is 3.33. The van der Waals surface area contributed by atoms with E-state index in [-0.39, 0.29) is 17.7 Å². The Kier molecular flexibility index (Phi) is 5.94. The smallest absolute Gasteiger partial charge is 0.239 e. The molecule has 7 heteroatoms. The Labute approximate surface area is 158 Å². The van der Waals surface area contributed by atoms with Crippen LogP contribution in [-0.4, -0.2) is 40.1 Å². The second kappa shape index (κ2) is 8.18. The lowest BCUT2D eigenvalue weighted by Gasteiger charge is -2.34. The maximum Gasteiger partial charge on any atom is 0.239 e. The molecular formula is C19H25ClN4O2. The number of carbonyl (C=O) groups excluding carboxylic acids is 1. The lowest BCUT2D eigenvalue weighted by Crippen LogP contribution is -2.50. The van der Waals surface area contributed by atoms with Crippen LogP contribution < -0.4 is 5.73 Å². The van der Waals surface area contributed by atoms with Crippen molar-refractivity contribution < 1.29 is 9.32 Å². The summed E-state index contributed by atoms with van der Waals surface area (Å²) in [6, 6.07) is 6.86. The van der Waals surface area contributed by atoms with Crippen molar-refractivity contribution >= 4 is 17.5 Å². The van der Waals surface area contributed by atoms with Gasteiger partial charge < -0.3 is 15.2 Å². The summed E-state index contributed by atoms with van der Waals surface area (Å²) in [7, 11) is 0. The summed E-state index contributed by atoms with van der Waals surface area (Å²) in [5.41, 5.74) is 6.98. The predicted octanol–water partition coefficient (Wildman–Crippen LogP) is 3.47. The van der Waals surface area contributed by atoms with Crippen LogP contribution in [0.15, 0.2) is 28.8 Å². The number of hydrogen-bond donors (Lipinski definition) is 1. The van der Waals surface area contributed by atoms with Crippen molar-refractivity contribution in [2.45, 2.75) is 45.1 Å². The molecule has 0 aliphatic carbocycles. The molecule has 2 aromatic rings. The summed E-state index contributed by atoms with van der Waals surface area (Å²) in [6.07, 6.45) is 2.71. The third kappa shape index (κ3) is 4.07. The van der Waals surface area contributed by atoms with E-state index in [1.807, 2.05) is 30.9 Å². The highest BCUT2D eigenvalue weighted by Gasteiger charge is 2.32. The fourth-order valence-electron chi connectivity index (χ4n) is 3.20. The molecule has 1 aromatic carbocycles. The Morgan fingerprint density at radius 1 is 1.42 bits per heavy atom. The van der Waals surface area contributed by atoms with Crippen molar-refractivity contribution in [1.82, 2.24) is 15.0 Å². The summed E-state index contributed by atoms with van der Waals surface area (Å²) in [5, 5.41) is 4.74. The van der Waals surface area contributed by atoms with E-state index in [1.165, 1.54) is 0 Å². The predicted molar refractivity (Wildman–Crippen MR) is 101 cm³/mol. The van der Waals surface area contributed by atoms with E-state index in [4.69, 9.17) is 21.9 Å². The molecule has 1 saturated heterocycles. The van der Waals surface area contributed by atoms with Gasteiger partial charge in [0, 0.05) is 23.7 Å². The molecule has 140 valence electrons. The van der Waals surface area contributed by atoms with Crippen LogP contribution in [0, 0.1) is 5.92 Å². The van der Waals surface area contributed by atoms with Gasteiger partial charge in [0.2, 0.25) is 17.6 Å². The fraction of sp³-hybridized carbons (Fsp3) is 0.526. The molecule has 0 radical (unpaired) electrons. The molecule has 1 aliphatic heterocycles. The Morgan fingerprint density at radius 2 is 2.15 bits per heavy atom. The lowest BCUT2D eigenvalue weighted by atomic mass is 9.94. The van der Waals surface area contributed by atoms with Crippen molar-refractivity contribution in [2.24, 2.45) is 11.7 Å². The van der Waals surface area contributed by atoms with Gasteiger partial charge in [-0.15, -0.1) is 0 Å². The van der Waals surface area contributed by atoms with Gasteiger partial charge in [0.15, 0.2) is 0 Å². The second-order valence-corrected chi connectivity index (χ2v) is 7.43. The number of amides is 1. The highest BCUT2D eigenvalue weighted by molar-refractivity contribution is 6.30. The largest absolute Gasteiger partial charge is 0.341 e. The van der Waals surface area contributed by atoms with Crippen LogP contribution in [0.1, 0.15) is 44.9 Å². The number of nitrogens with two attached hydrogens (primary N) is 1. The summed E-state index contributed by atoms with van der Waals surface area (Å²) >= 11 is 5.92. The number of likely N-dealkylation sites (tertiary alicyclic amines) is 1. The minimum atomic E-state index is -0.453. The third-order valence-corrected chi connectivity index (χ3v) is 5.42. The normalized spacial score (nSPS) is 20.0. The van der Waals surface area contributed by atoms with Gasteiger partial charge in [-0.25, -0.2) is 0 Å². The first-order valence-electron chi connectivity index (χ1n) is 9.13. The quantitative estimate of drug-likeness (QED) is 0.863. The van der Waals surface area contributed by atoms with Crippen molar-refractivity contribution in [3.63, 3.8) is 0 Å². The van der Waals surface area contributed by atoms with Gasteiger partial charge in [0.25, 0.3) is 0 Å². The summed E-state index contributed by atoms with van der Waals surface area (Å²) in [4.78, 5) is 19.0. The molecule has 6 nitrogen and oxygen atoms in total. The van der Waals surface area contributed by atoms with E-state index in [9.17, 15) is 4.79 Å². The average molecular weight is 377 g/mol. The molecule has 1 fully saturated rings. The van der Waals surface area contributed by atoms with E-state index in [2.05, 4.69) is 10.1 Å². The van der Waals surface area contributed by atoms with E-state index < -0.39 is 6.04 Å². The van der Waals surface area contributed by atoms with Crippen molar-refractivity contribution in [3.05, 3.63) is 35.2 Å². The minimum absolute atomic E-state index is 0.0153. The lowest BCUT2D eigenvalue weighted by molar-refractivity contribution is -0.135. The zero-order chi connectivity index (χ0) is 18.7. The number of aromatic nitrogens is 2. The van der Waals surface area contributed by atoms with Crippen LogP contribution in [0.5, 0.6) is 0 Å². The van der Waals surface area contributed by atoms with Crippen LogP contribution in [0.25, 0.3) is 11.4 Å². The van der Waals surface area contributed by atoms with Crippen LogP contribution in [0.3, 0.4) is 0 Å². The number of rotatable bonds is 5. The minimum Gasteiger partial charge on any atom is -0.341 e. The number of benzene rings is 1. The van der Waals surface area contributed by atoms with Gasteiger partial charge in [-0.1, -0.05) is 37.0 Å². The molecule has 0 bridgehead atoms. The van der Waals surface area contributed by atoms with E-state index in [0.29, 0.717) is 23.3 Å². The molecule has 3 rings (SSSR count). The summed E-state index contributed by atoms with van der Waals surface area (Å²) in [6.45, 7) is 5.37. The van der Waals surface area contributed by atoms with Crippen LogP contribution >= 0.6 is 11.6 Å². The third-order valence-electron chi connectivity index (χ3n) is 5.17. The summed E-state index contributed by atoms with van der Waals surface area (Å²) < 4.78 is 5.48. The van der Waals surface area contributed by atoms with E-state index >= 15 is 0 Å². The monoisotopic (exact) mass is 376 g/mol. The van der Waals surface area contributed by atoms with Gasteiger partial charge in [0.1, 0.15) is 0 Å². The molecule has 1 aromatic heterocycles. The Bertz CT molecular complexity index is 746. The topological polar surface area (TPSA) is 85.3 Å². The maximum atomic E-state index is 12.7. The highest BCUT2D eigenvalue weighted by Crippen LogP contribution is 2.28. The second-order valence-electron chi connectivity index (χ2n) is 7.00. The standard InChI is InChI=1S/C19H25ClN4O2/c1-3-12(2)16(21)19(25)24-10-4-5-14(11-24)18-22-17(23-26-18)13-6-8-15(20)9-7-13/h6-9,12,14,16H,3-5,10-11,21H2,1-2H3. The Hall–Kier alpha value is -1.92. The first-order valence-corrected chi connectivity index (χ1v) is 9.51. The van der Waals surface area contributed by atoms with Crippen molar-refractivity contribution in [1.29, 1.82) is 0 Å². The first-order chi connectivity index (χ1) is 12.5. The number of hydrogen-bond acceptors (Lipinski definition) is 5. The van der Waals surface area contributed by atoms with Gasteiger partial charge in [0.05, 0.1) is 12.0 Å². The van der Waals surface area contributed by atoms with Crippen LogP contribution in [-0.2, 0) is 4.79 Å². The highest BCUT2D eigenvalue weighted by atomic mass is 35.5. The Morgan fingerprint density at radius 3 is 2.85 bits per heavy atom. The van der Waals surface area contributed by atoms with Gasteiger partial charge in [-0.05, 0) is 43.0 Å². The molecule has 2 N–H and O–H groups in total. The molecule has 0 spiro atoms. The molecule has 0 saturated carbocycles. The summed E-state index contributed by atoms with van der Waals surface area (Å²) in [5.74, 6) is 1.34. The number of nitrogens with zero attached hydrogens (tertiary/aromatic N) is 3. The van der Waals surface area contributed by atoms with Gasteiger partial charge >= 0.3 is 0 Å². The van der Waals surface area contributed by atoms with E-state index in [1.54, 1.807) is 12.1 Å². The first kappa shape index (κ1) is 18.9. The van der Waals surface area contributed by atoms with Crippen molar-refractivity contribution in [3.8, 4) is 11.4 Å². The molecule has 2 heterocycles. The number of carbonyl (C=O) groups is 1. The Balaban J connectivity index is 1.70. The van der Waals surface area contributed by atoms with E-state index in [0.717, 1.165) is 31.4 Å². The molecule has 1 amide bonds. The number of piperidine rings is 1. The van der Waals surface area contributed by atoms with Crippen LogP contribution in [0.4, 0.5) is 0 Å². The van der Waals surface area contributed by atoms with Crippen LogP contribution in [0.2, 0.25) is 5.02 Å². The molecule has 26 heavy (non-hydrogen) atoms. The zero-order valence-corrected chi connectivity index (χ0v) is 15.9. The zero-order valence-electron chi connectivity index (χ0n) is 15.2. The molecule has 1 aliphatic rings. The molecular weight excluding hydrogens is 352 g/mol.